The molecule has 0 amide bonds. The number of nitrogens with one attached hydrogen (secondary N) is 1. The lowest BCUT2D eigenvalue weighted by Gasteiger charge is -2.05. The molecule has 0 aliphatic heterocycles. The molecule has 14 heavy (non-hydrogen) atoms. The molecule has 6 nitrogen and oxygen atoms in total. The second-order valence-electron chi connectivity index (χ2n) is 2.77. The van der Waals surface area contributed by atoms with E-state index in [2.05, 4.69) is 9.82 Å². The minimum absolute atomic E-state index is 0.0356. The monoisotopic (exact) mass is 218 g/mol. The number of hydrogen-bond donors (Lipinski definition) is 2. The van der Waals surface area contributed by atoms with Crippen LogP contribution in [-0.2, 0) is 16.6 Å². The normalized spacial score (nSPS) is 11.8. The van der Waals surface area contributed by atoms with Crippen molar-refractivity contribution in [1.29, 1.82) is 0 Å². The Bertz CT molecular complexity index is 346. The van der Waals surface area contributed by atoms with Crippen LogP contribution in [-0.4, -0.2) is 37.0 Å². The molecule has 0 radical (unpaired) electrons. The first kappa shape index (κ1) is 11.2. The second kappa shape index (κ2) is 5.08. The van der Waals surface area contributed by atoms with E-state index in [1.807, 2.05) is 0 Å². The summed E-state index contributed by atoms with van der Waals surface area (Å²) in [7, 11) is -3.20. The molecule has 0 fully saturated rings. The van der Waals surface area contributed by atoms with Gasteiger partial charge >= 0.3 is 0 Å². The highest BCUT2D eigenvalue weighted by molar-refractivity contribution is 7.89. The highest BCUT2D eigenvalue weighted by atomic mass is 32.2. The number of aromatic nitrogens is 2. The molecule has 80 valence electrons. The van der Waals surface area contributed by atoms with Crippen molar-refractivity contribution in [2.45, 2.75) is 6.54 Å². The van der Waals surface area contributed by atoms with E-state index in [1.54, 1.807) is 23.1 Å². The topological polar surface area (TPSA) is 90.0 Å². The van der Waals surface area contributed by atoms with Crippen molar-refractivity contribution in [2.24, 2.45) is 5.73 Å². The first-order valence-electron chi connectivity index (χ1n) is 4.29. The van der Waals surface area contributed by atoms with Crippen molar-refractivity contribution in [3.05, 3.63) is 18.5 Å². The average Bonchev–Trinajstić information content (AvgIpc) is 2.56. The maximum atomic E-state index is 11.1. The zero-order valence-corrected chi connectivity index (χ0v) is 8.57. The first-order chi connectivity index (χ1) is 6.64. The van der Waals surface area contributed by atoms with Crippen molar-refractivity contribution < 1.29 is 8.42 Å². The van der Waals surface area contributed by atoms with Crippen molar-refractivity contribution in [3.63, 3.8) is 0 Å². The molecule has 0 atom stereocenters. The Hall–Kier alpha value is -0.920. The lowest BCUT2D eigenvalue weighted by Crippen LogP contribution is -2.32. The summed E-state index contributed by atoms with van der Waals surface area (Å²) in [5.41, 5.74) is 5.14. The Morgan fingerprint density at radius 2 is 2.29 bits per heavy atom. The molecule has 0 unspecified atom stereocenters. The van der Waals surface area contributed by atoms with Crippen LogP contribution in [0.4, 0.5) is 0 Å². The fraction of sp³-hybridized carbons (Fsp3) is 0.571. The largest absolute Gasteiger partial charge is 0.329 e. The Labute approximate surface area is 83.1 Å². The van der Waals surface area contributed by atoms with Crippen molar-refractivity contribution >= 4 is 10.0 Å². The molecular formula is C7H14N4O2S. The van der Waals surface area contributed by atoms with Gasteiger partial charge in [0.25, 0.3) is 0 Å². The summed E-state index contributed by atoms with van der Waals surface area (Å²) in [6, 6.07) is 1.79. The number of sulfonamides is 1. The predicted octanol–water partition coefficient (Wildman–Crippen LogP) is -1.24. The van der Waals surface area contributed by atoms with Crippen LogP contribution >= 0.6 is 0 Å². The van der Waals surface area contributed by atoms with Crippen LogP contribution in [0, 0.1) is 0 Å². The Balaban J connectivity index is 2.28. The third-order valence-electron chi connectivity index (χ3n) is 1.61. The SMILES string of the molecule is NCCS(=O)(=O)NCCn1cccn1. The number of hydrogen-bond acceptors (Lipinski definition) is 4. The molecule has 0 spiro atoms. The summed E-state index contributed by atoms with van der Waals surface area (Å²) in [6.45, 7) is 0.998. The lowest BCUT2D eigenvalue weighted by atomic mass is 10.6. The van der Waals surface area contributed by atoms with Crippen LogP contribution in [0.2, 0.25) is 0 Å². The van der Waals surface area contributed by atoms with Gasteiger partial charge in [0.2, 0.25) is 10.0 Å². The summed E-state index contributed by atoms with van der Waals surface area (Å²) >= 11 is 0. The van der Waals surface area contributed by atoms with Crippen LogP contribution in [0.25, 0.3) is 0 Å². The Morgan fingerprint density at radius 3 is 2.86 bits per heavy atom. The first-order valence-corrected chi connectivity index (χ1v) is 5.94. The van der Waals surface area contributed by atoms with Crippen molar-refractivity contribution in [3.8, 4) is 0 Å². The molecule has 1 heterocycles. The molecule has 1 aromatic rings. The summed E-state index contributed by atoms with van der Waals surface area (Å²) in [5, 5.41) is 3.94. The van der Waals surface area contributed by atoms with Gasteiger partial charge in [-0.05, 0) is 6.07 Å². The van der Waals surface area contributed by atoms with Crippen LogP contribution in [0.15, 0.2) is 18.5 Å². The van der Waals surface area contributed by atoms with E-state index < -0.39 is 10.0 Å². The van der Waals surface area contributed by atoms with E-state index in [4.69, 9.17) is 5.73 Å². The Morgan fingerprint density at radius 1 is 1.50 bits per heavy atom. The van der Waals surface area contributed by atoms with Gasteiger partial charge in [0, 0.05) is 25.5 Å². The molecule has 0 bridgehead atoms. The average molecular weight is 218 g/mol. The van der Waals surface area contributed by atoms with E-state index >= 15 is 0 Å². The van der Waals surface area contributed by atoms with Gasteiger partial charge in [0.1, 0.15) is 0 Å². The zero-order valence-electron chi connectivity index (χ0n) is 7.76. The second-order valence-corrected chi connectivity index (χ2v) is 4.70. The van der Waals surface area contributed by atoms with Gasteiger partial charge in [-0.15, -0.1) is 0 Å². The molecule has 0 aromatic carbocycles. The Kier molecular flexibility index (Phi) is 4.05. The van der Waals surface area contributed by atoms with Gasteiger partial charge in [-0.3, -0.25) is 4.68 Å². The van der Waals surface area contributed by atoms with Gasteiger partial charge in [-0.1, -0.05) is 0 Å². The van der Waals surface area contributed by atoms with Crippen LogP contribution in [0.1, 0.15) is 0 Å². The fourth-order valence-corrected chi connectivity index (χ4v) is 1.83. The van der Waals surface area contributed by atoms with Crippen LogP contribution in [0.3, 0.4) is 0 Å². The number of nitrogens with two attached hydrogens (primary N) is 1. The molecule has 0 saturated carbocycles. The molecule has 1 aromatic heterocycles. The number of nitrogens with zero attached hydrogens (tertiary/aromatic N) is 2. The highest BCUT2D eigenvalue weighted by Crippen LogP contribution is 1.85. The molecule has 1 rings (SSSR count). The third kappa shape index (κ3) is 3.86. The third-order valence-corrected chi connectivity index (χ3v) is 3.03. The minimum atomic E-state index is -3.20. The van der Waals surface area contributed by atoms with E-state index in [-0.39, 0.29) is 12.3 Å². The van der Waals surface area contributed by atoms with Gasteiger partial charge in [0.15, 0.2) is 0 Å². The summed E-state index contributed by atoms with van der Waals surface area (Å²) in [4.78, 5) is 0. The van der Waals surface area contributed by atoms with Crippen LogP contribution in [0.5, 0.6) is 0 Å². The zero-order chi connectivity index (χ0) is 10.4. The quantitative estimate of drug-likeness (QED) is 0.625. The fourth-order valence-electron chi connectivity index (χ4n) is 0.976. The molecular weight excluding hydrogens is 204 g/mol. The van der Waals surface area contributed by atoms with Gasteiger partial charge < -0.3 is 5.73 Å². The lowest BCUT2D eigenvalue weighted by molar-refractivity contribution is 0.561. The predicted molar refractivity (Wildman–Crippen MR) is 53.1 cm³/mol. The smallest absolute Gasteiger partial charge is 0.212 e. The van der Waals surface area contributed by atoms with E-state index in [0.29, 0.717) is 13.1 Å². The number of rotatable bonds is 6. The van der Waals surface area contributed by atoms with Crippen molar-refractivity contribution in [1.82, 2.24) is 14.5 Å². The maximum absolute atomic E-state index is 11.1. The van der Waals surface area contributed by atoms with Crippen molar-refractivity contribution in [2.75, 3.05) is 18.8 Å². The highest BCUT2D eigenvalue weighted by Gasteiger charge is 2.06. The summed E-state index contributed by atoms with van der Waals surface area (Å²) < 4.78 is 26.4. The van der Waals surface area contributed by atoms with Gasteiger partial charge in [-0.25, -0.2) is 13.1 Å². The standard InChI is InChI=1S/C7H14N4O2S/c8-2-7-14(12,13)10-4-6-11-5-1-3-9-11/h1,3,5,10H,2,4,6-8H2. The maximum Gasteiger partial charge on any atom is 0.212 e. The summed E-state index contributed by atoms with van der Waals surface area (Å²) in [6.07, 6.45) is 3.42. The van der Waals surface area contributed by atoms with E-state index in [9.17, 15) is 8.42 Å². The van der Waals surface area contributed by atoms with Gasteiger partial charge in [0.05, 0.1) is 12.3 Å². The van der Waals surface area contributed by atoms with E-state index in [0.717, 1.165) is 0 Å². The summed E-state index contributed by atoms with van der Waals surface area (Å²) in [5.74, 6) is -0.0356. The molecule has 7 heteroatoms. The van der Waals surface area contributed by atoms with Gasteiger partial charge in [-0.2, -0.15) is 5.10 Å². The minimum Gasteiger partial charge on any atom is -0.329 e. The van der Waals surface area contributed by atoms with Crippen LogP contribution < -0.4 is 10.5 Å². The van der Waals surface area contributed by atoms with E-state index in [1.165, 1.54) is 0 Å². The molecule has 0 aliphatic rings. The molecule has 3 N–H and O–H groups in total. The molecule has 0 aliphatic carbocycles. The molecule has 0 saturated heterocycles.